The van der Waals surface area contributed by atoms with Crippen molar-refractivity contribution in [2.24, 2.45) is 0 Å². The van der Waals surface area contributed by atoms with Crippen molar-refractivity contribution in [3.8, 4) is 17.2 Å². The molecule has 1 amide bonds. The fraction of sp³-hybridized carbons (Fsp3) is 0.289. The van der Waals surface area contributed by atoms with Crippen LogP contribution in [-0.4, -0.2) is 44.3 Å². The molecule has 1 fully saturated rings. The number of ether oxygens (including phenoxy) is 3. The predicted molar refractivity (Wildman–Crippen MR) is 176 cm³/mol. The molecule has 1 saturated heterocycles. The highest BCUT2D eigenvalue weighted by Crippen LogP contribution is 2.31. The first-order chi connectivity index (χ1) is 21.6. The lowest BCUT2D eigenvalue weighted by Gasteiger charge is -2.26. The van der Waals surface area contributed by atoms with Crippen molar-refractivity contribution in [1.29, 1.82) is 0 Å². The van der Waals surface area contributed by atoms with Gasteiger partial charge < -0.3 is 19.5 Å². The first kappa shape index (κ1) is 30.9. The molecule has 4 aromatic carbocycles. The molecule has 0 aliphatic carbocycles. The van der Waals surface area contributed by atoms with Crippen molar-refractivity contribution >= 4 is 11.7 Å². The Morgan fingerprint density at radius 2 is 1.34 bits per heavy atom. The largest absolute Gasteiger partial charge is 0.497 e. The molecule has 0 aromatic heterocycles. The van der Waals surface area contributed by atoms with Gasteiger partial charge in [0.15, 0.2) is 0 Å². The number of likely N-dealkylation sites (tertiary alicyclic amines) is 1. The van der Waals surface area contributed by atoms with Crippen molar-refractivity contribution in [3.63, 3.8) is 0 Å². The van der Waals surface area contributed by atoms with Gasteiger partial charge in [-0.15, -0.1) is 0 Å². The van der Waals surface area contributed by atoms with Crippen molar-refractivity contribution in [2.75, 3.05) is 33.4 Å². The third-order valence-corrected chi connectivity index (χ3v) is 7.96. The molecule has 5 rings (SSSR count). The molecule has 1 aliphatic rings. The molecule has 44 heavy (non-hydrogen) atoms. The Labute approximate surface area is 261 Å². The number of hydrogen-bond acceptors (Lipinski definition) is 5. The molecule has 0 radical (unpaired) electrons. The molecule has 0 bridgehead atoms. The summed E-state index contributed by atoms with van der Waals surface area (Å²) in [6, 6.07) is 34.0. The zero-order valence-corrected chi connectivity index (χ0v) is 25.8. The molecular formula is C38H42N2O4. The van der Waals surface area contributed by atoms with Gasteiger partial charge in [0.2, 0.25) is 0 Å². The van der Waals surface area contributed by atoms with Gasteiger partial charge in [-0.3, -0.25) is 4.90 Å². The first-order valence-electron chi connectivity index (χ1n) is 15.5. The maximum atomic E-state index is 12.4. The van der Waals surface area contributed by atoms with Crippen LogP contribution in [0.4, 0.5) is 4.79 Å². The second-order valence-electron chi connectivity index (χ2n) is 11.2. The van der Waals surface area contributed by atoms with Crippen LogP contribution in [0.2, 0.25) is 0 Å². The lowest BCUT2D eigenvalue weighted by atomic mass is 9.90. The zero-order chi connectivity index (χ0) is 30.6. The molecular weight excluding hydrogens is 548 g/mol. The van der Waals surface area contributed by atoms with E-state index >= 15 is 0 Å². The normalized spacial score (nSPS) is 14.0. The van der Waals surface area contributed by atoms with Crippen LogP contribution >= 0.6 is 0 Å². The van der Waals surface area contributed by atoms with E-state index < -0.39 is 6.09 Å². The molecule has 6 heteroatoms. The van der Waals surface area contributed by atoms with Gasteiger partial charge in [0.05, 0.1) is 7.11 Å². The minimum atomic E-state index is -0.482. The molecule has 1 N–H and O–H groups in total. The third-order valence-electron chi connectivity index (χ3n) is 7.96. The Hall–Kier alpha value is -4.55. The Bertz CT molecular complexity index is 1490. The summed E-state index contributed by atoms with van der Waals surface area (Å²) in [5.74, 6) is 2.21. The molecule has 1 heterocycles. The Kier molecular flexibility index (Phi) is 11.1. The highest BCUT2D eigenvalue weighted by atomic mass is 16.6. The topological polar surface area (TPSA) is 60.0 Å². The number of hydrogen-bond donors (Lipinski definition) is 1. The predicted octanol–water partition coefficient (Wildman–Crippen LogP) is 7.91. The molecule has 0 saturated carbocycles. The SMILES string of the molecule is COc1ccc(C/C(C)=C(/c2ccc(OCCN3CCCCC3)cc2)c2ccc(OC(=O)NCc3ccccc3)cc2)cc1. The van der Waals surface area contributed by atoms with Gasteiger partial charge in [-0.05, 0) is 104 Å². The number of amides is 1. The highest BCUT2D eigenvalue weighted by molar-refractivity contribution is 5.83. The first-order valence-corrected chi connectivity index (χ1v) is 15.5. The summed E-state index contributed by atoms with van der Waals surface area (Å²) < 4.78 is 17.0. The summed E-state index contributed by atoms with van der Waals surface area (Å²) in [4.78, 5) is 14.9. The maximum Gasteiger partial charge on any atom is 0.412 e. The summed E-state index contributed by atoms with van der Waals surface area (Å²) >= 11 is 0. The maximum absolute atomic E-state index is 12.4. The van der Waals surface area contributed by atoms with Crippen LogP contribution < -0.4 is 19.5 Å². The van der Waals surface area contributed by atoms with E-state index in [1.807, 2.05) is 66.7 Å². The van der Waals surface area contributed by atoms with E-state index in [1.165, 1.54) is 43.5 Å². The van der Waals surface area contributed by atoms with Crippen LogP contribution in [0.1, 0.15) is 48.4 Å². The average Bonchev–Trinajstić information content (AvgIpc) is 3.07. The summed E-state index contributed by atoms with van der Waals surface area (Å²) in [6.07, 6.45) is 4.21. The number of piperidine rings is 1. The van der Waals surface area contributed by atoms with Gasteiger partial charge in [0.1, 0.15) is 23.9 Å². The van der Waals surface area contributed by atoms with Gasteiger partial charge >= 0.3 is 6.09 Å². The second-order valence-corrected chi connectivity index (χ2v) is 11.2. The van der Waals surface area contributed by atoms with E-state index in [0.29, 0.717) is 18.9 Å². The smallest absolute Gasteiger partial charge is 0.412 e. The molecule has 4 aromatic rings. The van der Waals surface area contributed by atoms with Crippen LogP contribution in [-0.2, 0) is 13.0 Å². The van der Waals surface area contributed by atoms with Crippen LogP contribution in [0.5, 0.6) is 17.2 Å². The van der Waals surface area contributed by atoms with E-state index in [4.69, 9.17) is 14.2 Å². The molecule has 6 nitrogen and oxygen atoms in total. The van der Waals surface area contributed by atoms with Crippen molar-refractivity contribution in [2.45, 2.75) is 39.2 Å². The number of carbonyl (C=O) groups excluding carboxylic acids is 1. The lowest BCUT2D eigenvalue weighted by molar-refractivity contribution is 0.183. The van der Waals surface area contributed by atoms with E-state index in [1.54, 1.807) is 7.11 Å². The van der Waals surface area contributed by atoms with Crippen LogP contribution in [0.25, 0.3) is 5.57 Å². The van der Waals surface area contributed by atoms with Gasteiger partial charge in [0, 0.05) is 13.1 Å². The number of rotatable bonds is 12. The molecule has 1 aliphatic heterocycles. The van der Waals surface area contributed by atoms with Gasteiger partial charge in [-0.1, -0.05) is 78.7 Å². The molecule has 0 atom stereocenters. The zero-order valence-electron chi connectivity index (χ0n) is 25.8. The highest BCUT2D eigenvalue weighted by Gasteiger charge is 2.13. The summed E-state index contributed by atoms with van der Waals surface area (Å²) in [5.41, 5.74) is 6.73. The van der Waals surface area contributed by atoms with Gasteiger partial charge in [-0.2, -0.15) is 0 Å². The van der Waals surface area contributed by atoms with Crippen molar-refractivity contribution in [1.82, 2.24) is 10.2 Å². The van der Waals surface area contributed by atoms with E-state index in [0.717, 1.165) is 46.7 Å². The van der Waals surface area contributed by atoms with Crippen LogP contribution in [0, 0.1) is 0 Å². The minimum Gasteiger partial charge on any atom is -0.497 e. The molecule has 0 unspecified atom stereocenters. The number of methoxy groups -OCH3 is 1. The summed E-state index contributed by atoms with van der Waals surface area (Å²) in [6.45, 7) is 6.58. The number of nitrogens with zero attached hydrogens (tertiary/aromatic N) is 1. The Morgan fingerprint density at radius 1 is 0.727 bits per heavy atom. The number of allylic oxidation sites excluding steroid dienone is 1. The molecule has 0 spiro atoms. The third kappa shape index (κ3) is 8.98. The Balaban J connectivity index is 1.30. The fourth-order valence-electron chi connectivity index (χ4n) is 5.59. The number of benzene rings is 4. The van der Waals surface area contributed by atoms with E-state index in [-0.39, 0.29) is 0 Å². The number of nitrogens with one attached hydrogen (secondary N) is 1. The standard InChI is InChI=1S/C38H42N2O4/c1-29(27-30-11-17-34(42-2)18-12-30)37(32-13-19-35(20-14-32)43-26-25-40-23-7-4-8-24-40)33-15-21-36(22-16-33)44-38(41)39-28-31-9-5-3-6-10-31/h3,5-6,9-22H,4,7-8,23-28H2,1-2H3,(H,39,41)/b37-29-. The minimum absolute atomic E-state index is 0.410. The van der Waals surface area contributed by atoms with E-state index in [9.17, 15) is 4.79 Å². The monoisotopic (exact) mass is 590 g/mol. The van der Waals surface area contributed by atoms with Crippen LogP contribution in [0.15, 0.2) is 109 Å². The number of carbonyl (C=O) groups is 1. The Morgan fingerprint density at radius 3 is 1.98 bits per heavy atom. The van der Waals surface area contributed by atoms with E-state index in [2.05, 4.69) is 53.5 Å². The molecule has 228 valence electrons. The summed E-state index contributed by atoms with van der Waals surface area (Å²) in [7, 11) is 1.68. The van der Waals surface area contributed by atoms with Crippen molar-refractivity contribution in [3.05, 3.63) is 131 Å². The average molecular weight is 591 g/mol. The fourth-order valence-corrected chi connectivity index (χ4v) is 5.59. The van der Waals surface area contributed by atoms with Gasteiger partial charge in [0.25, 0.3) is 0 Å². The second kappa shape index (κ2) is 15.8. The summed E-state index contributed by atoms with van der Waals surface area (Å²) in [5, 5.41) is 2.81. The lowest BCUT2D eigenvalue weighted by Crippen LogP contribution is -2.33. The van der Waals surface area contributed by atoms with Crippen LogP contribution in [0.3, 0.4) is 0 Å². The van der Waals surface area contributed by atoms with Gasteiger partial charge in [-0.25, -0.2) is 4.79 Å². The van der Waals surface area contributed by atoms with Crippen molar-refractivity contribution < 1.29 is 19.0 Å². The quantitative estimate of drug-likeness (QED) is 0.182.